The van der Waals surface area contributed by atoms with Crippen molar-refractivity contribution in [1.82, 2.24) is 30.5 Å². The number of carbonyl (C=O) groups excluding carboxylic acids is 3. The first-order valence-electron chi connectivity index (χ1n) is 13.7. The van der Waals surface area contributed by atoms with Crippen molar-refractivity contribution in [3.63, 3.8) is 0 Å². The van der Waals surface area contributed by atoms with Gasteiger partial charge in [0.05, 0.1) is 47.9 Å². The average Bonchev–Trinajstić information content (AvgIpc) is 3.38. The Bertz CT molecular complexity index is 1710. The monoisotopic (exact) mass is 605 g/mol. The van der Waals surface area contributed by atoms with Gasteiger partial charge in [-0.2, -0.15) is 10.2 Å². The molecule has 0 saturated carbocycles. The van der Waals surface area contributed by atoms with Crippen LogP contribution in [-0.4, -0.2) is 50.1 Å². The summed E-state index contributed by atoms with van der Waals surface area (Å²) >= 11 is 5.94. The average molecular weight is 606 g/mol. The van der Waals surface area contributed by atoms with Gasteiger partial charge in [-0.3, -0.25) is 14.4 Å². The zero-order chi connectivity index (χ0) is 30.7. The van der Waals surface area contributed by atoms with Crippen molar-refractivity contribution in [2.75, 3.05) is 12.4 Å². The minimum absolute atomic E-state index is 0.0314. The Morgan fingerprint density at radius 3 is 2.79 bits per heavy atom. The first kappa shape index (κ1) is 29.8. The van der Waals surface area contributed by atoms with Gasteiger partial charge in [0, 0.05) is 11.5 Å². The number of amides is 2. The third-order valence-corrected chi connectivity index (χ3v) is 7.72. The van der Waals surface area contributed by atoms with Crippen molar-refractivity contribution in [2.45, 2.75) is 45.6 Å². The number of fused-ring (bicyclic) bond motifs is 4. The van der Waals surface area contributed by atoms with Gasteiger partial charge in [0.25, 0.3) is 5.91 Å². The van der Waals surface area contributed by atoms with Crippen LogP contribution in [0.4, 0.5) is 10.1 Å². The first-order valence-corrected chi connectivity index (χ1v) is 14.0. The maximum atomic E-state index is 14.7. The summed E-state index contributed by atoms with van der Waals surface area (Å²) in [5, 5.41) is 22.4. The number of hydrogen-bond donors (Lipinski definition) is 2. The Kier molecular flexibility index (Phi) is 8.76. The summed E-state index contributed by atoms with van der Waals surface area (Å²) in [6.45, 7) is 3.45. The summed E-state index contributed by atoms with van der Waals surface area (Å²) in [5.41, 5.74) is 3.39. The zero-order valence-electron chi connectivity index (χ0n) is 23.7. The van der Waals surface area contributed by atoms with Crippen LogP contribution >= 0.6 is 11.6 Å². The third-order valence-electron chi connectivity index (χ3n) is 7.42. The molecule has 1 aliphatic rings. The highest BCUT2D eigenvalue weighted by Crippen LogP contribution is 2.32. The second-order valence-corrected chi connectivity index (χ2v) is 10.8. The van der Waals surface area contributed by atoms with Crippen LogP contribution in [0.5, 0.6) is 0 Å². The number of hydrogen-bond acceptors (Lipinski definition) is 8. The number of aromatic nitrogens is 5. The lowest BCUT2D eigenvalue weighted by atomic mass is 9.95. The molecule has 3 heterocycles. The molecule has 1 aliphatic heterocycles. The Morgan fingerprint density at radius 1 is 1.19 bits per heavy atom. The Hall–Kier alpha value is -4.71. The van der Waals surface area contributed by atoms with E-state index in [1.165, 1.54) is 23.9 Å². The number of anilines is 1. The molecule has 0 saturated heterocycles. The van der Waals surface area contributed by atoms with Crippen molar-refractivity contribution in [3.8, 4) is 16.9 Å². The quantitative estimate of drug-likeness (QED) is 0.310. The van der Waals surface area contributed by atoms with Crippen LogP contribution in [0.15, 0.2) is 48.7 Å². The number of carbonyl (C=O) groups is 3. The largest absolute Gasteiger partial charge is 0.469 e. The summed E-state index contributed by atoms with van der Waals surface area (Å²) in [6.07, 6.45) is 3.31. The minimum Gasteiger partial charge on any atom is -0.469 e. The highest BCUT2D eigenvalue weighted by molar-refractivity contribution is 6.30. The highest BCUT2D eigenvalue weighted by Gasteiger charge is 2.25. The van der Waals surface area contributed by atoms with Crippen LogP contribution in [-0.2, 0) is 20.7 Å². The Labute approximate surface area is 251 Å². The van der Waals surface area contributed by atoms with E-state index < -0.39 is 23.7 Å². The van der Waals surface area contributed by atoms with Gasteiger partial charge in [-0.05, 0) is 55.2 Å². The van der Waals surface area contributed by atoms with Gasteiger partial charge in [-0.25, -0.2) is 9.07 Å². The van der Waals surface area contributed by atoms with Gasteiger partial charge in [0.15, 0.2) is 11.5 Å². The fourth-order valence-corrected chi connectivity index (χ4v) is 5.13. The van der Waals surface area contributed by atoms with E-state index >= 15 is 0 Å². The number of nitrogens with one attached hydrogen (secondary N) is 2. The molecule has 2 aromatic heterocycles. The minimum atomic E-state index is -0.672. The smallest absolute Gasteiger partial charge is 0.309 e. The fraction of sp³-hybridized carbons (Fsp3) is 0.300. The van der Waals surface area contributed by atoms with E-state index in [4.69, 9.17) is 16.3 Å². The van der Waals surface area contributed by atoms with E-state index in [1.54, 1.807) is 43.5 Å². The van der Waals surface area contributed by atoms with Gasteiger partial charge in [0.2, 0.25) is 5.91 Å². The lowest BCUT2D eigenvalue weighted by Gasteiger charge is -2.22. The number of esters is 1. The van der Waals surface area contributed by atoms with Crippen LogP contribution < -0.4 is 10.6 Å². The molecule has 11 nitrogen and oxygen atoms in total. The van der Waals surface area contributed by atoms with Crippen molar-refractivity contribution in [3.05, 3.63) is 82.0 Å². The number of halogens is 2. The molecule has 4 aromatic rings. The molecule has 222 valence electrons. The van der Waals surface area contributed by atoms with Crippen molar-refractivity contribution in [1.29, 1.82) is 0 Å². The van der Waals surface area contributed by atoms with Crippen LogP contribution in [0.1, 0.15) is 59.5 Å². The molecule has 2 bridgehead atoms. The van der Waals surface area contributed by atoms with Crippen LogP contribution in [0, 0.1) is 18.7 Å². The van der Waals surface area contributed by atoms with E-state index in [9.17, 15) is 18.8 Å². The van der Waals surface area contributed by atoms with E-state index in [-0.39, 0.29) is 34.6 Å². The second-order valence-electron chi connectivity index (χ2n) is 10.4. The SMILES string of the molecule is COC(=O)Cc1ccc2c(c1)NC(=O)[C@@H](C)CCC[C@H](NC(=O)c1nnn(-c3cccc(Cl)c3F)c1C)c1cnnc-2c1. The molecule has 2 amide bonds. The predicted molar refractivity (Wildman–Crippen MR) is 156 cm³/mol. The molecule has 0 fully saturated rings. The number of rotatable bonds is 5. The molecule has 43 heavy (non-hydrogen) atoms. The molecule has 5 rings (SSSR count). The first-order chi connectivity index (χ1) is 20.7. The van der Waals surface area contributed by atoms with Gasteiger partial charge < -0.3 is 15.4 Å². The molecular weight excluding hydrogens is 577 g/mol. The van der Waals surface area contributed by atoms with Gasteiger partial charge >= 0.3 is 5.97 Å². The molecule has 2 N–H and O–H groups in total. The molecule has 0 spiro atoms. The summed E-state index contributed by atoms with van der Waals surface area (Å²) in [7, 11) is 1.32. The number of methoxy groups -OCH3 is 1. The van der Waals surface area contributed by atoms with Gasteiger partial charge in [0.1, 0.15) is 5.69 Å². The second kappa shape index (κ2) is 12.7. The van der Waals surface area contributed by atoms with Crippen molar-refractivity contribution < 1.29 is 23.5 Å². The molecule has 2 aromatic carbocycles. The summed E-state index contributed by atoms with van der Waals surface area (Å²) in [6, 6.07) is 11.1. The molecule has 13 heteroatoms. The summed E-state index contributed by atoms with van der Waals surface area (Å²) in [4.78, 5) is 38.4. The molecule has 2 atom stereocenters. The molecule has 0 unspecified atom stereocenters. The Balaban J connectivity index is 1.48. The fourth-order valence-electron chi connectivity index (χ4n) is 4.96. The predicted octanol–water partition coefficient (Wildman–Crippen LogP) is 4.77. The van der Waals surface area contributed by atoms with Crippen molar-refractivity contribution in [2.24, 2.45) is 5.92 Å². The lowest BCUT2D eigenvalue weighted by molar-refractivity contribution is -0.139. The van der Waals surface area contributed by atoms with Crippen LogP contribution in [0.25, 0.3) is 16.9 Å². The van der Waals surface area contributed by atoms with E-state index in [1.807, 2.05) is 6.92 Å². The highest BCUT2D eigenvalue weighted by atomic mass is 35.5. The maximum absolute atomic E-state index is 14.7. The number of benzene rings is 2. The van der Waals surface area contributed by atoms with Crippen molar-refractivity contribution >= 4 is 35.1 Å². The molecule has 0 radical (unpaired) electrons. The van der Waals surface area contributed by atoms with Gasteiger partial charge in [-0.15, -0.1) is 5.10 Å². The zero-order valence-corrected chi connectivity index (χ0v) is 24.5. The molecular formula is C30H29ClFN7O4. The normalized spacial score (nSPS) is 16.7. The third kappa shape index (κ3) is 6.38. The van der Waals surface area contributed by atoms with Gasteiger partial charge in [-0.1, -0.05) is 48.4 Å². The lowest BCUT2D eigenvalue weighted by Crippen LogP contribution is -2.30. The summed E-state index contributed by atoms with van der Waals surface area (Å²) in [5.74, 6) is -2.08. The number of nitrogens with zero attached hydrogens (tertiary/aromatic N) is 5. The van der Waals surface area contributed by atoms with E-state index in [0.717, 1.165) is 0 Å². The maximum Gasteiger partial charge on any atom is 0.309 e. The standard InChI is InChI=1S/C30H29ClFN7O4/c1-16-6-4-8-22(34-30(42)28-17(2)39(38-37-28)25-9-5-7-21(31)27(25)32)19-14-24(36-33-15-19)20-11-10-18(13-26(40)43-3)12-23(20)35-29(16)41/h5,7,9-12,14-16,22H,4,6,8,13H2,1-3H3,(H,34,42)(H,35,41)/t16-,22-/m0/s1. The van der Waals surface area contributed by atoms with E-state index in [2.05, 4.69) is 31.1 Å². The topological polar surface area (TPSA) is 141 Å². The van der Waals surface area contributed by atoms with Crippen LogP contribution in [0.3, 0.4) is 0 Å². The summed E-state index contributed by atoms with van der Waals surface area (Å²) < 4.78 is 20.7. The van der Waals surface area contributed by atoms with Crippen LogP contribution in [0.2, 0.25) is 5.02 Å². The van der Waals surface area contributed by atoms with E-state index in [0.29, 0.717) is 53.0 Å². The molecule has 0 aliphatic carbocycles. The Morgan fingerprint density at radius 2 is 2.00 bits per heavy atom. The number of ether oxygens (including phenoxy) is 1.